The molecule has 2 aliphatic heterocycles. The number of nitrogens with one attached hydrogen (secondary N) is 2. The van der Waals surface area contributed by atoms with Gasteiger partial charge in [0.2, 0.25) is 0 Å². The number of amides is 4. The third-order valence-corrected chi connectivity index (χ3v) is 7.67. The van der Waals surface area contributed by atoms with Crippen LogP contribution in [0.15, 0.2) is 48.5 Å². The van der Waals surface area contributed by atoms with Crippen LogP contribution >= 0.6 is 0 Å². The molecule has 1 atom stereocenters. The predicted molar refractivity (Wildman–Crippen MR) is 140 cm³/mol. The zero-order valence-electron chi connectivity index (χ0n) is 21.1. The molecule has 0 bridgehead atoms. The second-order valence-electron chi connectivity index (χ2n) is 9.61. The largest absolute Gasteiger partial charge is 0.356 e. The summed E-state index contributed by atoms with van der Waals surface area (Å²) in [5.74, 6) is -0.519. The predicted octanol–water partition coefficient (Wildman–Crippen LogP) is 3.87. The number of benzene rings is 2. The van der Waals surface area contributed by atoms with Gasteiger partial charge in [-0.2, -0.15) is 0 Å². The van der Waals surface area contributed by atoms with E-state index in [4.69, 9.17) is 0 Å². The first-order valence-electron chi connectivity index (χ1n) is 12.8. The number of H-pyrrole nitrogens is 1. The number of aromatic amines is 1. The van der Waals surface area contributed by atoms with Gasteiger partial charge < -0.3 is 20.1 Å². The third-order valence-electron chi connectivity index (χ3n) is 7.67. The molecule has 8 heteroatoms. The number of para-hydroxylation sites is 1. The summed E-state index contributed by atoms with van der Waals surface area (Å²) in [5.41, 5.74) is 2.55. The van der Waals surface area contributed by atoms with Gasteiger partial charge in [0.1, 0.15) is 0 Å². The maximum absolute atomic E-state index is 13.9. The van der Waals surface area contributed by atoms with Crippen molar-refractivity contribution < 1.29 is 14.4 Å². The number of rotatable bonds is 8. The highest BCUT2D eigenvalue weighted by Crippen LogP contribution is 2.45. The van der Waals surface area contributed by atoms with E-state index >= 15 is 0 Å². The van der Waals surface area contributed by atoms with Crippen molar-refractivity contribution in [3.05, 3.63) is 65.4 Å². The molecule has 4 amide bonds. The highest BCUT2D eigenvalue weighted by molar-refractivity contribution is 6.24. The maximum Gasteiger partial charge on any atom is 0.332 e. The molecule has 1 saturated heterocycles. The third kappa shape index (κ3) is 3.76. The fourth-order valence-corrected chi connectivity index (χ4v) is 5.55. The van der Waals surface area contributed by atoms with Crippen LogP contribution in [0.4, 0.5) is 10.5 Å². The molecule has 2 aliphatic rings. The Kier molecular flexibility index (Phi) is 6.30. The molecule has 36 heavy (non-hydrogen) atoms. The molecule has 3 heterocycles. The van der Waals surface area contributed by atoms with Crippen LogP contribution in [0.25, 0.3) is 10.9 Å². The normalized spacial score (nSPS) is 19.2. The molecule has 2 N–H and O–H groups in total. The molecule has 0 aliphatic carbocycles. The molecular weight excluding hydrogens is 454 g/mol. The summed E-state index contributed by atoms with van der Waals surface area (Å²) in [6, 6.07) is 14.4. The molecule has 188 valence electrons. The van der Waals surface area contributed by atoms with E-state index in [0.29, 0.717) is 30.8 Å². The number of nitrogens with zero attached hydrogens (tertiary/aromatic N) is 3. The monoisotopic (exact) mass is 487 g/mol. The fourth-order valence-electron chi connectivity index (χ4n) is 5.55. The molecule has 1 fully saturated rings. The van der Waals surface area contributed by atoms with Crippen LogP contribution < -0.4 is 10.2 Å². The number of hydrogen-bond acceptors (Lipinski definition) is 4. The minimum Gasteiger partial charge on any atom is -0.356 e. The average Bonchev–Trinajstić information content (AvgIpc) is 3.37. The second kappa shape index (κ2) is 9.43. The molecule has 2 aromatic carbocycles. The molecule has 8 nitrogen and oxygen atoms in total. The lowest BCUT2D eigenvalue weighted by atomic mass is 9.87. The highest BCUT2D eigenvalue weighted by Gasteiger charge is 2.59. The first kappa shape index (κ1) is 24.1. The van der Waals surface area contributed by atoms with Crippen molar-refractivity contribution in [3.8, 4) is 0 Å². The summed E-state index contributed by atoms with van der Waals surface area (Å²) in [6.45, 7) is 9.98. The van der Waals surface area contributed by atoms with E-state index in [1.54, 1.807) is 29.2 Å². The van der Waals surface area contributed by atoms with Crippen molar-refractivity contribution in [2.45, 2.75) is 39.2 Å². The van der Waals surface area contributed by atoms with Crippen molar-refractivity contribution in [2.24, 2.45) is 0 Å². The van der Waals surface area contributed by atoms with Gasteiger partial charge in [-0.3, -0.25) is 9.59 Å². The van der Waals surface area contributed by atoms with Crippen molar-refractivity contribution in [1.29, 1.82) is 0 Å². The first-order valence-corrected chi connectivity index (χ1v) is 12.8. The van der Waals surface area contributed by atoms with Gasteiger partial charge >= 0.3 is 6.03 Å². The number of aromatic nitrogens is 1. The van der Waals surface area contributed by atoms with Gasteiger partial charge in [-0.05, 0) is 69.2 Å². The molecule has 1 aromatic heterocycles. The van der Waals surface area contributed by atoms with Crippen LogP contribution in [0.3, 0.4) is 0 Å². The van der Waals surface area contributed by atoms with Gasteiger partial charge in [0.05, 0.1) is 11.4 Å². The van der Waals surface area contributed by atoms with Crippen molar-refractivity contribution >= 4 is 34.4 Å². The van der Waals surface area contributed by atoms with E-state index in [2.05, 4.69) is 29.0 Å². The highest BCUT2D eigenvalue weighted by atomic mass is 16.2. The molecule has 0 radical (unpaired) electrons. The van der Waals surface area contributed by atoms with Gasteiger partial charge in [0, 0.05) is 29.6 Å². The molecule has 5 rings (SSSR count). The van der Waals surface area contributed by atoms with E-state index in [1.807, 2.05) is 31.2 Å². The molecule has 3 aromatic rings. The summed E-state index contributed by atoms with van der Waals surface area (Å²) in [6.07, 6.45) is 1.54. The Balaban J connectivity index is 1.38. The molecule has 0 unspecified atom stereocenters. The lowest BCUT2D eigenvalue weighted by Crippen LogP contribution is -2.49. The zero-order valence-corrected chi connectivity index (χ0v) is 21.1. The van der Waals surface area contributed by atoms with Crippen molar-refractivity contribution in [1.82, 2.24) is 20.1 Å². The minimum absolute atomic E-state index is 0.211. The van der Waals surface area contributed by atoms with Gasteiger partial charge in [0.15, 0.2) is 5.54 Å². The number of carbonyl (C=O) groups is 3. The Hall–Kier alpha value is -3.65. The van der Waals surface area contributed by atoms with E-state index in [-0.39, 0.29) is 17.8 Å². The lowest BCUT2D eigenvalue weighted by Gasteiger charge is -2.35. The Morgan fingerprint density at radius 3 is 2.67 bits per heavy atom. The SMILES string of the molecule is CCN(CC)CCCNC(=O)c1cccc(N2C(=O)N3CCc4c([nH]c5ccccc45)[C@@]3(C)C2=O)c1. The van der Waals surface area contributed by atoms with Crippen LogP contribution in [0.1, 0.15) is 48.8 Å². The Labute approximate surface area is 211 Å². The smallest absolute Gasteiger partial charge is 0.332 e. The Morgan fingerprint density at radius 2 is 1.89 bits per heavy atom. The Morgan fingerprint density at radius 1 is 1.11 bits per heavy atom. The number of anilines is 1. The fraction of sp³-hybridized carbons (Fsp3) is 0.393. The van der Waals surface area contributed by atoms with E-state index in [1.165, 1.54) is 4.90 Å². The maximum atomic E-state index is 13.9. The van der Waals surface area contributed by atoms with Crippen LogP contribution in [-0.4, -0.2) is 65.4 Å². The van der Waals surface area contributed by atoms with Crippen LogP contribution in [0, 0.1) is 0 Å². The summed E-state index contributed by atoms with van der Waals surface area (Å²) in [4.78, 5) is 48.8. The van der Waals surface area contributed by atoms with Gasteiger partial charge in [-0.25, -0.2) is 9.69 Å². The summed E-state index contributed by atoms with van der Waals surface area (Å²) in [7, 11) is 0. The van der Waals surface area contributed by atoms with Crippen molar-refractivity contribution in [3.63, 3.8) is 0 Å². The first-order chi connectivity index (χ1) is 17.4. The molecule has 0 spiro atoms. The second-order valence-corrected chi connectivity index (χ2v) is 9.61. The van der Waals surface area contributed by atoms with Crippen LogP contribution in [0.5, 0.6) is 0 Å². The van der Waals surface area contributed by atoms with Gasteiger partial charge in [-0.1, -0.05) is 38.1 Å². The van der Waals surface area contributed by atoms with Gasteiger partial charge in [-0.15, -0.1) is 0 Å². The standard InChI is InChI=1S/C28H33N5O3/c1-4-31(5-2)16-9-15-29-25(34)19-10-8-11-20(18-19)33-26(35)28(3)24-22(14-17-32(28)27(33)36)21-12-6-7-13-23(21)30-24/h6-8,10-13,18,30H,4-5,9,14-17H2,1-3H3,(H,29,34)/t28-/m0/s1. The molecular formula is C28H33N5O3. The number of imide groups is 1. The topological polar surface area (TPSA) is 88.8 Å². The minimum atomic E-state index is -1.12. The lowest BCUT2D eigenvalue weighted by molar-refractivity contribution is -0.125. The zero-order chi connectivity index (χ0) is 25.4. The van der Waals surface area contributed by atoms with Crippen LogP contribution in [-0.2, 0) is 16.8 Å². The average molecular weight is 488 g/mol. The number of hydrogen-bond donors (Lipinski definition) is 2. The summed E-state index contributed by atoms with van der Waals surface area (Å²) < 4.78 is 0. The van der Waals surface area contributed by atoms with Gasteiger partial charge in [0.25, 0.3) is 11.8 Å². The van der Waals surface area contributed by atoms with Crippen LogP contribution in [0.2, 0.25) is 0 Å². The number of carbonyl (C=O) groups excluding carboxylic acids is 3. The number of fused-ring (bicyclic) bond motifs is 5. The van der Waals surface area contributed by atoms with E-state index < -0.39 is 5.54 Å². The number of urea groups is 1. The Bertz CT molecular complexity index is 1330. The summed E-state index contributed by atoms with van der Waals surface area (Å²) >= 11 is 0. The van der Waals surface area contributed by atoms with E-state index in [9.17, 15) is 14.4 Å². The molecule has 0 saturated carbocycles. The van der Waals surface area contributed by atoms with E-state index in [0.717, 1.165) is 48.2 Å². The van der Waals surface area contributed by atoms with Crippen molar-refractivity contribution in [2.75, 3.05) is 37.6 Å². The summed E-state index contributed by atoms with van der Waals surface area (Å²) in [5, 5.41) is 4.05. The quantitative estimate of drug-likeness (QED) is 0.373.